The van der Waals surface area contributed by atoms with Crippen molar-refractivity contribution < 1.29 is 13.2 Å². The molecule has 0 N–H and O–H groups in total. The Hall–Kier alpha value is -1.36. The molecule has 0 heterocycles. The normalized spacial score (nSPS) is 11.4. The number of benzene rings is 1. The molecule has 1 aromatic carbocycles. The maximum atomic E-state index is 12.2. The first kappa shape index (κ1) is 15.7. The van der Waals surface area contributed by atoms with Crippen molar-refractivity contribution in [3.8, 4) is 0 Å². The van der Waals surface area contributed by atoms with Crippen molar-refractivity contribution in [3.63, 3.8) is 0 Å². The Balaban J connectivity index is 2.98. The number of hydrogen-bond donors (Lipinski definition) is 0. The van der Waals surface area contributed by atoms with Crippen LogP contribution in [0.15, 0.2) is 23.1 Å². The van der Waals surface area contributed by atoms with Crippen molar-refractivity contribution in [1.82, 2.24) is 4.90 Å². The van der Waals surface area contributed by atoms with Crippen LogP contribution >= 0.6 is 0 Å². The van der Waals surface area contributed by atoms with Gasteiger partial charge in [0.15, 0.2) is 9.84 Å². The van der Waals surface area contributed by atoms with Crippen LogP contribution in [-0.2, 0) is 14.6 Å². The van der Waals surface area contributed by atoms with Crippen molar-refractivity contribution in [2.75, 3.05) is 18.8 Å². The van der Waals surface area contributed by atoms with Crippen LogP contribution in [0.4, 0.5) is 0 Å². The number of aryl methyl sites for hydroxylation is 2. The Morgan fingerprint density at radius 3 is 2.16 bits per heavy atom. The molecule has 1 amide bonds. The lowest BCUT2D eigenvalue weighted by molar-refractivity contribution is -0.128. The van der Waals surface area contributed by atoms with E-state index in [-0.39, 0.29) is 10.8 Å². The highest BCUT2D eigenvalue weighted by atomic mass is 32.2. The molecule has 0 aliphatic rings. The quantitative estimate of drug-likeness (QED) is 0.830. The van der Waals surface area contributed by atoms with E-state index in [1.807, 2.05) is 27.7 Å². The van der Waals surface area contributed by atoms with Gasteiger partial charge in [-0.25, -0.2) is 8.42 Å². The van der Waals surface area contributed by atoms with E-state index in [0.717, 1.165) is 11.1 Å². The first-order chi connectivity index (χ1) is 8.81. The molecule has 0 aromatic heterocycles. The van der Waals surface area contributed by atoms with Gasteiger partial charge in [-0.15, -0.1) is 0 Å². The van der Waals surface area contributed by atoms with Gasteiger partial charge in [0.1, 0.15) is 5.75 Å². The Morgan fingerprint density at radius 1 is 1.11 bits per heavy atom. The van der Waals surface area contributed by atoms with Crippen molar-refractivity contribution in [3.05, 3.63) is 29.3 Å². The van der Waals surface area contributed by atoms with Crippen molar-refractivity contribution in [2.24, 2.45) is 0 Å². The number of carbonyl (C=O) groups excluding carboxylic acids is 1. The third-order valence-electron chi connectivity index (χ3n) is 3.27. The van der Waals surface area contributed by atoms with Gasteiger partial charge in [-0.3, -0.25) is 4.79 Å². The van der Waals surface area contributed by atoms with Crippen molar-refractivity contribution in [1.29, 1.82) is 0 Å². The summed E-state index contributed by atoms with van der Waals surface area (Å²) in [6.07, 6.45) is 0. The summed E-state index contributed by atoms with van der Waals surface area (Å²) in [6, 6.07) is 4.96. The second kappa shape index (κ2) is 6.19. The highest BCUT2D eigenvalue weighted by Gasteiger charge is 2.22. The van der Waals surface area contributed by atoms with Crippen LogP contribution in [0, 0.1) is 13.8 Å². The third kappa shape index (κ3) is 3.80. The van der Waals surface area contributed by atoms with E-state index in [4.69, 9.17) is 0 Å². The van der Waals surface area contributed by atoms with E-state index >= 15 is 0 Å². The lowest BCUT2D eigenvalue weighted by Gasteiger charge is -2.18. The third-order valence-corrected chi connectivity index (χ3v) is 4.87. The van der Waals surface area contributed by atoms with Crippen LogP contribution < -0.4 is 0 Å². The van der Waals surface area contributed by atoms with Gasteiger partial charge in [-0.2, -0.15) is 0 Å². The van der Waals surface area contributed by atoms with E-state index in [2.05, 4.69) is 0 Å². The minimum atomic E-state index is -3.56. The SMILES string of the molecule is CCN(CC)C(=O)CS(=O)(=O)c1ccc(C)c(C)c1. The maximum absolute atomic E-state index is 12.2. The molecule has 0 spiro atoms. The van der Waals surface area contributed by atoms with Crippen LogP contribution in [0.25, 0.3) is 0 Å². The van der Waals surface area contributed by atoms with Gasteiger partial charge in [0.05, 0.1) is 4.90 Å². The predicted molar refractivity (Wildman–Crippen MR) is 75.9 cm³/mol. The molecule has 0 aliphatic carbocycles. The van der Waals surface area contributed by atoms with Gasteiger partial charge in [-0.05, 0) is 51.0 Å². The smallest absolute Gasteiger partial charge is 0.238 e. The fourth-order valence-electron chi connectivity index (χ4n) is 1.82. The monoisotopic (exact) mass is 283 g/mol. The summed E-state index contributed by atoms with van der Waals surface area (Å²) in [4.78, 5) is 13.6. The number of hydrogen-bond acceptors (Lipinski definition) is 3. The standard InChI is InChI=1S/C14H21NO3S/c1-5-15(6-2)14(16)10-19(17,18)13-8-7-11(3)12(4)9-13/h7-9H,5-6,10H2,1-4H3. The van der Waals surface area contributed by atoms with Crippen molar-refractivity contribution >= 4 is 15.7 Å². The minimum absolute atomic E-state index is 0.219. The summed E-state index contributed by atoms with van der Waals surface area (Å²) in [5.74, 6) is -0.805. The van der Waals surface area contributed by atoms with Crippen LogP contribution in [0.5, 0.6) is 0 Å². The molecule has 0 bridgehead atoms. The lowest BCUT2D eigenvalue weighted by Crippen LogP contribution is -2.35. The first-order valence-corrected chi connectivity index (χ1v) is 8.04. The number of carbonyl (C=O) groups is 1. The number of nitrogens with zero attached hydrogens (tertiary/aromatic N) is 1. The number of sulfone groups is 1. The fraction of sp³-hybridized carbons (Fsp3) is 0.500. The molecule has 106 valence electrons. The summed E-state index contributed by atoms with van der Waals surface area (Å²) in [7, 11) is -3.56. The van der Waals surface area contributed by atoms with Crippen LogP contribution in [0.2, 0.25) is 0 Å². The number of amides is 1. The molecular weight excluding hydrogens is 262 g/mol. The van der Waals surface area contributed by atoms with Gasteiger partial charge < -0.3 is 4.90 Å². The summed E-state index contributed by atoms with van der Waals surface area (Å²) >= 11 is 0. The topological polar surface area (TPSA) is 54.5 Å². The Kier molecular flexibility index (Phi) is 5.11. The zero-order valence-electron chi connectivity index (χ0n) is 11.9. The predicted octanol–water partition coefficient (Wildman–Crippen LogP) is 1.95. The zero-order valence-corrected chi connectivity index (χ0v) is 12.8. The molecular formula is C14H21NO3S. The largest absolute Gasteiger partial charge is 0.342 e. The van der Waals surface area contributed by atoms with E-state index < -0.39 is 15.6 Å². The molecule has 1 rings (SSSR count). The van der Waals surface area contributed by atoms with Gasteiger partial charge in [0.25, 0.3) is 0 Å². The lowest BCUT2D eigenvalue weighted by atomic mass is 10.1. The molecule has 0 saturated heterocycles. The molecule has 1 aromatic rings. The fourth-order valence-corrected chi connectivity index (χ4v) is 3.13. The molecule has 0 radical (unpaired) electrons. The molecule has 5 heteroatoms. The van der Waals surface area contributed by atoms with E-state index in [0.29, 0.717) is 13.1 Å². The molecule has 0 atom stereocenters. The summed E-state index contributed by atoms with van der Waals surface area (Å²) in [5.41, 5.74) is 1.95. The average molecular weight is 283 g/mol. The van der Waals surface area contributed by atoms with E-state index in [1.54, 1.807) is 18.2 Å². The molecule has 0 unspecified atom stereocenters. The van der Waals surface area contributed by atoms with Gasteiger partial charge >= 0.3 is 0 Å². The van der Waals surface area contributed by atoms with Gasteiger partial charge in [0.2, 0.25) is 5.91 Å². The van der Waals surface area contributed by atoms with E-state index in [9.17, 15) is 13.2 Å². The highest BCUT2D eigenvalue weighted by Crippen LogP contribution is 2.16. The second-order valence-corrected chi connectivity index (χ2v) is 6.56. The van der Waals surface area contributed by atoms with Crippen molar-refractivity contribution in [2.45, 2.75) is 32.6 Å². The Bertz CT molecular complexity index is 560. The zero-order chi connectivity index (χ0) is 14.6. The molecule has 0 aliphatic heterocycles. The summed E-state index contributed by atoms with van der Waals surface area (Å²) < 4.78 is 24.4. The average Bonchev–Trinajstić information content (AvgIpc) is 2.33. The first-order valence-electron chi connectivity index (χ1n) is 6.39. The summed E-state index contributed by atoms with van der Waals surface area (Å²) in [5, 5.41) is 0. The minimum Gasteiger partial charge on any atom is -0.342 e. The maximum Gasteiger partial charge on any atom is 0.238 e. The molecule has 19 heavy (non-hydrogen) atoms. The highest BCUT2D eigenvalue weighted by molar-refractivity contribution is 7.92. The van der Waals surface area contributed by atoms with Crippen LogP contribution in [0.1, 0.15) is 25.0 Å². The van der Waals surface area contributed by atoms with Crippen LogP contribution in [0.3, 0.4) is 0 Å². The van der Waals surface area contributed by atoms with Crippen LogP contribution in [-0.4, -0.2) is 38.1 Å². The molecule has 4 nitrogen and oxygen atoms in total. The molecule has 0 fully saturated rings. The van der Waals surface area contributed by atoms with E-state index in [1.165, 1.54) is 4.90 Å². The van der Waals surface area contributed by atoms with Gasteiger partial charge in [0, 0.05) is 13.1 Å². The second-order valence-electron chi connectivity index (χ2n) is 4.57. The Labute approximate surface area is 115 Å². The summed E-state index contributed by atoms with van der Waals surface area (Å²) in [6.45, 7) is 8.51. The number of rotatable bonds is 5. The van der Waals surface area contributed by atoms with Gasteiger partial charge in [-0.1, -0.05) is 6.07 Å². The Morgan fingerprint density at radius 2 is 1.68 bits per heavy atom. The molecule has 0 saturated carbocycles.